The first-order valence-corrected chi connectivity index (χ1v) is 6.21. The molecule has 0 aliphatic carbocycles. The van der Waals surface area contributed by atoms with E-state index in [1.165, 1.54) is 4.72 Å². The zero-order valence-electron chi connectivity index (χ0n) is 6.39. The first kappa shape index (κ1) is 11.3. The van der Waals surface area contributed by atoms with Crippen LogP contribution in [0.25, 0.3) is 0 Å². The fourth-order valence-electron chi connectivity index (χ4n) is 0.693. The third-order valence-corrected chi connectivity index (χ3v) is 2.56. The quantitative estimate of drug-likeness (QED) is 0.658. The van der Waals surface area contributed by atoms with Gasteiger partial charge in [-0.3, -0.25) is 9.59 Å². The Balaban J connectivity index is 2.72. The predicted octanol–water partition coefficient (Wildman–Crippen LogP) is -0.125. The van der Waals surface area contributed by atoms with Crippen molar-refractivity contribution in [1.29, 1.82) is 0 Å². The van der Waals surface area contributed by atoms with Gasteiger partial charge >= 0.3 is 15.3 Å². The minimum absolute atomic E-state index is 0.332. The maximum absolute atomic E-state index is 11.0. The fraction of sp³-hybridized carbons (Fsp3) is 0.250. The van der Waals surface area contributed by atoms with Gasteiger partial charge in [0, 0.05) is 22.4 Å². The van der Waals surface area contributed by atoms with Crippen LogP contribution in [0, 0.1) is 0 Å². The van der Waals surface area contributed by atoms with Gasteiger partial charge in [-0.25, -0.2) is 14.4 Å². The summed E-state index contributed by atoms with van der Waals surface area (Å²) in [6.45, 7) is -0.457. The van der Waals surface area contributed by atoms with Crippen LogP contribution >= 0.6 is 22.4 Å². The maximum Gasteiger partial charge on any atom is 0.339 e. The van der Waals surface area contributed by atoms with Crippen LogP contribution in [0.4, 0.5) is 9.59 Å². The lowest BCUT2D eigenvalue weighted by Gasteiger charge is -2.10. The highest BCUT2D eigenvalue weighted by atomic mass is 35.7. The third-order valence-electron chi connectivity index (χ3n) is 1.16. The van der Waals surface area contributed by atoms with Gasteiger partial charge in [0.15, 0.2) is 0 Å². The Kier molecular flexibility index (Phi) is 3.02. The molecule has 78 valence electrons. The van der Waals surface area contributed by atoms with Gasteiger partial charge in [0.2, 0.25) is 5.12 Å². The highest BCUT2D eigenvalue weighted by Gasteiger charge is 2.34. The highest BCUT2D eigenvalue weighted by molar-refractivity contribution is 8.26. The van der Waals surface area contributed by atoms with E-state index in [0.29, 0.717) is 16.7 Å². The van der Waals surface area contributed by atoms with Crippen molar-refractivity contribution in [2.24, 2.45) is 0 Å². The van der Waals surface area contributed by atoms with Gasteiger partial charge < -0.3 is 0 Å². The first-order chi connectivity index (χ1) is 6.29. The summed E-state index contributed by atoms with van der Waals surface area (Å²) in [6, 6.07) is -1.23. The van der Waals surface area contributed by atoms with Gasteiger partial charge in [-0.1, -0.05) is 0 Å². The van der Waals surface area contributed by atoms with E-state index in [2.05, 4.69) is 0 Å². The number of hydrogen-bond acceptors (Lipinski definition) is 6. The molecule has 1 rings (SSSR count). The lowest BCUT2D eigenvalue weighted by Crippen LogP contribution is -2.41. The molecule has 1 aliphatic rings. The van der Waals surface area contributed by atoms with E-state index in [-0.39, 0.29) is 0 Å². The first-order valence-electron chi connectivity index (χ1n) is 3.08. The molecular formula is C4H3ClN2O5S2. The molecule has 0 aromatic carbocycles. The molecule has 1 fully saturated rings. The summed E-state index contributed by atoms with van der Waals surface area (Å²) in [4.78, 5) is 33.0. The highest BCUT2D eigenvalue weighted by Crippen LogP contribution is 2.19. The lowest BCUT2D eigenvalue weighted by atomic mass is 10.6. The normalized spacial score (nSPS) is 17.4. The summed E-state index contributed by atoms with van der Waals surface area (Å²) >= 11 is 0.332. The molecule has 1 heterocycles. The summed E-state index contributed by atoms with van der Waals surface area (Å²) in [6.07, 6.45) is 0. The number of rotatable bonds is 1. The largest absolute Gasteiger partial charge is 0.339 e. The predicted molar refractivity (Wildman–Crippen MR) is 48.0 cm³/mol. The van der Waals surface area contributed by atoms with Gasteiger partial charge in [0.25, 0.3) is 5.24 Å². The molecular weight excluding hydrogens is 256 g/mol. The van der Waals surface area contributed by atoms with Crippen LogP contribution in [-0.4, -0.2) is 36.2 Å². The fourth-order valence-corrected chi connectivity index (χ4v) is 1.86. The van der Waals surface area contributed by atoms with Gasteiger partial charge in [-0.2, -0.15) is 8.42 Å². The minimum atomic E-state index is -4.24. The zero-order valence-corrected chi connectivity index (χ0v) is 8.78. The monoisotopic (exact) mass is 258 g/mol. The van der Waals surface area contributed by atoms with Crippen LogP contribution in [0.3, 0.4) is 0 Å². The van der Waals surface area contributed by atoms with Crippen molar-refractivity contribution in [3.8, 4) is 0 Å². The number of amides is 3. The molecule has 3 amide bonds. The summed E-state index contributed by atoms with van der Waals surface area (Å²) < 4.78 is 22.1. The number of nitrogens with one attached hydrogen (secondary N) is 1. The molecule has 7 nitrogen and oxygen atoms in total. The minimum Gasteiger partial charge on any atom is -0.285 e. The standard InChI is InChI=1S/C4H3ClN2O5S2/c5-14(11,12)6-3(9)7-1-2(8)13-4(7)10/h1H2,(H,6,9). The number of thioether (sulfide) groups is 1. The van der Waals surface area contributed by atoms with Crippen molar-refractivity contribution < 1.29 is 22.8 Å². The molecule has 0 radical (unpaired) electrons. The number of urea groups is 1. The Labute approximate surface area is 87.3 Å². The molecule has 1 saturated heterocycles. The Morgan fingerprint density at radius 1 is 1.50 bits per heavy atom. The summed E-state index contributed by atoms with van der Waals surface area (Å²) in [5.41, 5.74) is 0. The average Bonchev–Trinajstić information content (AvgIpc) is 2.26. The Morgan fingerprint density at radius 2 is 2.07 bits per heavy atom. The van der Waals surface area contributed by atoms with Gasteiger partial charge in [-0.15, -0.1) is 0 Å². The molecule has 0 atom stereocenters. The number of hydrogen-bond donors (Lipinski definition) is 1. The van der Waals surface area contributed by atoms with Crippen molar-refractivity contribution in [2.75, 3.05) is 6.54 Å². The molecule has 14 heavy (non-hydrogen) atoms. The second kappa shape index (κ2) is 3.75. The smallest absolute Gasteiger partial charge is 0.285 e. The molecule has 0 spiro atoms. The number of imide groups is 1. The average molecular weight is 259 g/mol. The number of nitrogens with zero attached hydrogens (tertiary/aromatic N) is 1. The van der Waals surface area contributed by atoms with Gasteiger partial charge in [0.05, 0.1) is 0 Å². The van der Waals surface area contributed by atoms with Crippen LogP contribution in [0.15, 0.2) is 0 Å². The van der Waals surface area contributed by atoms with Crippen molar-refractivity contribution in [1.82, 2.24) is 9.62 Å². The van der Waals surface area contributed by atoms with Crippen molar-refractivity contribution in [3.63, 3.8) is 0 Å². The number of carbonyl (C=O) groups is 3. The van der Waals surface area contributed by atoms with Crippen LogP contribution in [0.1, 0.15) is 0 Å². The van der Waals surface area contributed by atoms with E-state index < -0.39 is 32.2 Å². The summed E-state index contributed by atoms with van der Waals surface area (Å²) in [5, 5.41) is -1.36. The Hall–Kier alpha value is -0.800. The van der Waals surface area contributed by atoms with E-state index in [1.807, 2.05) is 0 Å². The Bertz CT molecular complexity index is 404. The molecule has 0 aromatic heterocycles. The van der Waals surface area contributed by atoms with E-state index >= 15 is 0 Å². The van der Waals surface area contributed by atoms with Gasteiger partial charge in [0.1, 0.15) is 6.54 Å². The number of carbonyl (C=O) groups excluding carboxylic acids is 3. The van der Waals surface area contributed by atoms with Crippen molar-refractivity contribution in [3.05, 3.63) is 0 Å². The molecule has 1 aliphatic heterocycles. The Morgan fingerprint density at radius 3 is 2.43 bits per heavy atom. The molecule has 0 unspecified atom stereocenters. The van der Waals surface area contributed by atoms with E-state index in [9.17, 15) is 22.8 Å². The molecule has 0 saturated carbocycles. The SMILES string of the molecule is O=C1CN(C(=O)NS(=O)(=O)Cl)C(=O)S1. The van der Waals surface area contributed by atoms with Crippen molar-refractivity contribution in [2.45, 2.75) is 0 Å². The van der Waals surface area contributed by atoms with Crippen LogP contribution in [-0.2, 0) is 14.0 Å². The van der Waals surface area contributed by atoms with E-state index in [1.54, 1.807) is 0 Å². The molecule has 1 N–H and O–H groups in total. The second-order valence-electron chi connectivity index (χ2n) is 2.17. The summed E-state index contributed by atoms with van der Waals surface area (Å²) in [5.74, 6) is 0. The molecule has 0 bridgehead atoms. The molecule has 10 heteroatoms. The van der Waals surface area contributed by atoms with Crippen LogP contribution in [0.2, 0.25) is 0 Å². The number of halogens is 1. The van der Waals surface area contributed by atoms with Crippen molar-refractivity contribution >= 4 is 48.1 Å². The summed E-state index contributed by atoms with van der Waals surface area (Å²) in [7, 11) is 0.458. The topological polar surface area (TPSA) is 101 Å². The van der Waals surface area contributed by atoms with E-state index in [4.69, 9.17) is 10.7 Å². The van der Waals surface area contributed by atoms with Crippen LogP contribution in [0.5, 0.6) is 0 Å². The molecule has 0 aromatic rings. The van der Waals surface area contributed by atoms with Crippen LogP contribution < -0.4 is 4.72 Å². The maximum atomic E-state index is 11.0. The second-order valence-corrected chi connectivity index (χ2v) is 5.48. The van der Waals surface area contributed by atoms with E-state index in [0.717, 1.165) is 0 Å². The third kappa shape index (κ3) is 2.86. The zero-order chi connectivity index (χ0) is 10.9. The van der Waals surface area contributed by atoms with Gasteiger partial charge in [-0.05, 0) is 0 Å². The lowest BCUT2D eigenvalue weighted by molar-refractivity contribution is -0.110.